The molecular weight excluding hydrogens is 441 g/mol. The number of rotatable bonds is 6. The molecule has 0 amide bonds. The van der Waals surface area contributed by atoms with E-state index in [2.05, 4.69) is 0 Å². The molecule has 2 rings (SSSR count). The van der Waals surface area contributed by atoms with Crippen LogP contribution < -0.4 is 14.4 Å². The predicted molar refractivity (Wildman–Crippen MR) is 94.9 cm³/mol. The number of halogens is 3. The average molecular weight is 459 g/mol. The summed E-state index contributed by atoms with van der Waals surface area (Å²) in [4.78, 5) is 2.02. The summed E-state index contributed by atoms with van der Waals surface area (Å²) >= 11 is -2.04. The molecule has 2 aromatic rings. The van der Waals surface area contributed by atoms with E-state index in [1.54, 1.807) is 24.9 Å². The quantitative estimate of drug-likeness (QED) is 0.592. The van der Waals surface area contributed by atoms with Crippen LogP contribution >= 0.6 is 19.4 Å². The number of ether oxygens (including phenoxy) is 2. The standard InChI is InChI=1S/C17H18FNO2.2ClH.Ru/c1-12-9-14(18)6-5-13(12)11-19(2)16-8-7-15(20-3)10-17(16)21-4;;;/h1,5-10H,11H2,2-4H3;2*1H;/q;;;+2/p-2. The molecule has 0 heterocycles. The summed E-state index contributed by atoms with van der Waals surface area (Å²) in [5.74, 6) is 1.11. The molecule has 132 valence electrons. The van der Waals surface area contributed by atoms with Crippen molar-refractivity contribution in [2.75, 3.05) is 26.2 Å². The summed E-state index contributed by atoms with van der Waals surface area (Å²) in [6.07, 6.45) is 0. The topological polar surface area (TPSA) is 21.7 Å². The molecule has 3 nitrogen and oxygen atoms in total. The third-order valence-electron chi connectivity index (χ3n) is 3.50. The Balaban J connectivity index is 2.33. The second kappa shape index (κ2) is 8.80. The van der Waals surface area contributed by atoms with Gasteiger partial charge in [-0.05, 0) is 0 Å². The minimum absolute atomic E-state index is 0.307. The van der Waals surface area contributed by atoms with Crippen molar-refractivity contribution in [1.29, 1.82) is 0 Å². The molecule has 0 aliphatic heterocycles. The predicted octanol–water partition coefficient (Wildman–Crippen LogP) is 4.56. The van der Waals surface area contributed by atoms with Gasteiger partial charge in [0.15, 0.2) is 0 Å². The number of methoxy groups -OCH3 is 2. The van der Waals surface area contributed by atoms with Crippen molar-refractivity contribution in [3.05, 3.63) is 53.3 Å². The SMILES string of the molecule is COc1ccc(N(C)Cc2ccc(F)cc2[CH]=[Ru]([Cl])[Cl])c(OC)c1. The minimum atomic E-state index is -2.04. The summed E-state index contributed by atoms with van der Waals surface area (Å²) in [5, 5.41) is 0. The second-order valence-corrected chi connectivity index (χ2v) is 10.8. The van der Waals surface area contributed by atoms with E-state index in [-0.39, 0.29) is 5.82 Å². The van der Waals surface area contributed by atoms with Gasteiger partial charge < -0.3 is 0 Å². The molecule has 0 atom stereocenters. The molecule has 7 heteroatoms. The van der Waals surface area contributed by atoms with E-state index in [9.17, 15) is 4.39 Å². The molecule has 0 aliphatic rings. The number of nitrogens with zero attached hydrogens (tertiary/aromatic N) is 1. The summed E-state index contributed by atoms with van der Waals surface area (Å²) < 4.78 is 25.9. The normalized spacial score (nSPS) is 11.0. The second-order valence-electron chi connectivity index (χ2n) is 5.04. The molecule has 24 heavy (non-hydrogen) atoms. The van der Waals surface area contributed by atoms with Gasteiger partial charge in [0, 0.05) is 0 Å². The first kappa shape index (κ1) is 19.2. The number of benzene rings is 2. The van der Waals surface area contributed by atoms with Gasteiger partial charge in [-0.1, -0.05) is 0 Å². The van der Waals surface area contributed by atoms with E-state index in [4.69, 9.17) is 28.9 Å². The van der Waals surface area contributed by atoms with Gasteiger partial charge in [0.25, 0.3) is 0 Å². The Bertz CT molecular complexity index is 751. The van der Waals surface area contributed by atoms with Gasteiger partial charge in [0.05, 0.1) is 0 Å². The van der Waals surface area contributed by atoms with E-state index in [0.717, 1.165) is 22.6 Å². The molecule has 0 spiro atoms. The zero-order chi connectivity index (χ0) is 17.7. The van der Waals surface area contributed by atoms with Crippen LogP contribution in [0.4, 0.5) is 10.1 Å². The first-order valence-corrected chi connectivity index (χ1v) is 12.5. The number of hydrogen-bond donors (Lipinski definition) is 0. The van der Waals surface area contributed by atoms with Gasteiger partial charge in [0.2, 0.25) is 0 Å². The zero-order valence-electron chi connectivity index (χ0n) is 13.5. The van der Waals surface area contributed by atoms with Crippen molar-refractivity contribution < 1.29 is 27.4 Å². The van der Waals surface area contributed by atoms with Crippen molar-refractivity contribution in [3.8, 4) is 11.5 Å². The molecule has 0 fully saturated rings. The Labute approximate surface area is 154 Å². The first-order valence-electron chi connectivity index (χ1n) is 6.99. The summed E-state index contributed by atoms with van der Waals surface area (Å²) in [6.45, 7) is 0.560. The summed E-state index contributed by atoms with van der Waals surface area (Å²) in [6, 6.07) is 10.3. The summed E-state index contributed by atoms with van der Waals surface area (Å²) in [5.41, 5.74) is 2.58. The molecule has 0 N–H and O–H groups in total. The van der Waals surface area contributed by atoms with Crippen molar-refractivity contribution in [1.82, 2.24) is 0 Å². The van der Waals surface area contributed by atoms with Crippen LogP contribution in [0.5, 0.6) is 11.5 Å². The van der Waals surface area contributed by atoms with Crippen LogP contribution in [0, 0.1) is 5.82 Å². The maximum absolute atomic E-state index is 13.5. The molecule has 0 saturated carbocycles. The Kier molecular flexibility index (Phi) is 7.03. The van der Waals surface area contributed by atoms with E-state index in [0.29, 0.717) is 12.3 Å². The van der Waals surface area contributed by atoms with Crippen molar-refractivity contribution >= 4 is 29.7 Å². The van der Waals surface area contributed by atoms with Crippen LogP contribution in [0.15, 0.2) is 36.4 Å². The third kappa shape index (κ3) is 4.92. The molecule has 0 aliphatic carbocycles. The molecule has 0 bridgehead atoms. The Morgan fingerprint density at radius 3 is 2.50 bits per heavy atom. The monoisotopic (exact) mass is 459 g/mol. The van der Waals surface area contributed by atoms with Crippen molar-refractivity contribution in [3.63, 3.8) is 0 Å². The molecular formula is C17H18Cl2FNO2Ru. The van der Waals surface area contributed by atoms with E-state index < -0.39 is 13.5 Å². The fourth-order valence-corrected chi connectivity index (χ4v) is 4.19. The van der Waals surface area contributed by atoms with E-state index >= 15 is 0 Å². The van der Waals surface area contributed by atoms with Crippen LogP contribution in [-0.4, -0.2) is 25.9 Å². The molecule has 0 unspecified atom stereocenters. The molecule has 0 saturated heterocycles. The Hall–Kier alpha value is -1.16. The van der Waals surface area contributed by atoms with Crippen LogP contribution in [0.25, 0.3) is 0 Å². The van der Waals surface area contributed by atoms with Crippen LogP contribution in [0.3, 0.4) is 0 Å². The van der Waals surface area contributed by atoms with E-state index in [1.807, 2.05) is 30.1 Å². The van der Waals surface area contributed by atoms with Crippen molar-refractivity contribution in [2.45, 2.75) is 6.54 Å². The zero-order valence-corrected chi connectivity index (χ0v) is 16.7. The van der Waals surface area contributed by atoms with Gasteiger partial charge >= 0.3 is 155 Å². The van der Waals surface area contributed by atoms with Gasteiger partial charge in [-0.2, -0.15) is 0 Å². The van der Waals surface area contributed by atoms with Gasteiger partial charge in [-0.3, -0.25) is 0 Å². The average Bonchev–Trinajstić information content (AvgIpc) is 2.56. The Morgan fingerprint density at radius 1 is 1.12 bits per heavy atom. The molecule has 0 aromatic heterocycles. The van der Waals surface area contributed by atoms with Crippen LogP contribution in [0.1, 0.15) is 11.1 Å². The number of hydrogen-bond acceptors (Lipinski definition) is 3. The fourth-order valence-electron chi connectivity index (χ4n) is 2.33. The molecule has 2 aromatic carbocycles. The molecule has 0 radical (unpaired) electrons. The van der Waals surface area contributed by atoms with Crippen LogP contribution in [-0.2, 0) is 20.1 Å². The van der Waals surface area contributed by atoms with Crippen LogP contribution in [0.2, 0.25) is 0 Å². The van der Waals surface area contributed by atoms with Crippen molar-refractivity contribution in [2.24, 2.45) is 0 Å². The van der Waals surface area contributed by atoms with Gasteiger partial charge in [-0.25, -0.2) is 0 Å². The van der Waals surface area contributed by atoms with Gasteiger partial charge in [-0.15, -0.1) is 0 Å². The Morgan fingerprint density at radius 2 is 1.88 bits per heavy atom. The number of anilines is 1. The van der Waals surface area contributed by atoms with Gasteiger partial charge in [0.1, 0.15) is 0 Å². The summed E-state index contributed by atoms with van der Waals surface area (Å²) in [7, 11) is 17.1. The van der Waals surface area contributed by atoms with E-state index in [1.165, 1.54) is 12.1 Å². The maximum atomic E-state index is 13.5. The first-order chi connectivity index (χ1) is 11.4. The fraction of sp³-hybridized carbons (Fsp3) is 0.235. The third-order valence-corrected chi connectivity index (χ3v) is 5.33.